The van der Waals surface area contributed by atoms with Gasteiger partial charge in [-0.05, 0) is 30.5 Å². The van der Waals surface area contributed by atoms with E-state index in [2.05, 4.69) is 5.32 Å². The standard InChI is InChI=1S/C12H16FNO/c1-8-3-4-10(9(2)12(8)13)11-7-14-5-6-15-11/h3-4,11,14H,5-7H2,1-2H3. The first-order valence-electron chi connectivity index (χ1n) is 5.28. The molecule has 1 heterocycles. The van der Waals surface area contributed by atoms with Crippen molar-refractivity contribution in [3.8, 4) is 0 Å². The van der Waals surface area contributed by atoms with E-state index in [4.69, 9.17) is 4.74 Å². The Morgan fingerprint density at radius 2 is 2.20 bits per heavy atom. The van der Waals surface area contributed by atoms with Gasteiger partial charge >= 0.3 is 0 Å². The molecule has 0 spiro atoms. The van der Waals surface area contributed by atoms with Crippen molar-refractivity contribution < 1.29 is 9.13 Å². The van der Waals surface area contributed by atoms with E-state index in [1.165, 1.54) is 0 Å². The molecule has 0 aromatic heterocycles. The molecule has 1 atom stereocenters. The van der Waals surface area contributed by atoms with Crippen LogP contribution in [0.15, 0.2) is 12.1 Å². The molecular weight excluding hydrogens is 193 g/mol. The number of aryl methyl sites for hydroxylation is 1. The zero-order valence-corrected chi connectivity index (χ0v) is 9.14. The summed E-state index contributed by atoms with van der Waals surface area (Å²) in [5.41, 5.74) is 2.37. The summed E-state index contributed by atoms with van der Waals surface area (Å²) in [5.74, 6) is -0.110. The van der Waals surface area contributed by atoms with E-state index in [0.29, 0.717) is 17.7 Å². The molecule has 15 heavy (non-hydrogen) atoms. The number of hydrogen-bond donors (Lipinski definition) is 1. The third kappa shape index (κ3) is 2.03. The third-order valence-electron chi connectivity index (χ3n) is 2.90. The number of morpholine rings is 1. The van der Waals surface area contributed by atoms with Crippen LogP contribution in [-0.4, -0.2) is 19.7 Å². The number of rotatable bonds is 1. The predicted molar refractivity (Wildman–Crippen MR) is 57.4 cm³/mol. The molecule has 1 aromatic carbocycles. The van der Waals surface area contributed by atoms with E-state index >= 15 is 0 Å². The Hall–Kier alpha value is -0.930. The quantitative estimate of drug-likeness (QED) is 0.764. The highest BCUT2D eigenvalue weighted by Crippen LogP contribution is 2.25. The van der Waals surface area contributed by atoms with Gasteiger partial charge in [-0.2, -0.15) is 0 Å². The van der Waals surface area contributed by atoms with Crippen LogP contribution in [0.4, 0.5) is 4.39 Å². The van der Waals surface area contributed by atoms with Crippen LogP contribution >= 0.6 is 0 Å². The summed E-state index contributed by atoms with van der Waals surface area (Å²) in [6, 6.07) is 3.78. The molecule has 0 bridgehead atoms. The van der Waals surface area contributed by atoms with Gasteiger partial charge < -0.3 is 10.1 Å². The van der Waals surface area contributed by atoms with Crippen molar-refractivity contribution in [1.82, 2.24) is 5.32 Å². The van der Waals surface area contributed by atoms with E-state index in [9.17, 15) is 4.39 Å². The number of nitrogens with one attached hydrogen (secondary N) is 1. The molecular formula is C12H16FNO. The molecule has 1 unspecified atom stereocenters. The smallest absolute Gasteiger partial charge is 0.129 e. The minimum absolute atomic E-state index is 0.00569. The van der Waals surface area contributed by atoms with Crippen LogP contribution in [0.25, 0.3) is 0 Å². The molecule has 1 aromatic rings. The first kappa shape index (κ1) is 10.6. The summed E-state index contributed by atoms with van der Waals surface area (Å²) in [6.07, 6.45) is -0.00569. The number of hydrogen-bond acceptors (Lipinski definition) is 2. The van der Waals surface area contributed by atoms with E-state index in [1.54, 1.807) is 6.92 Å². The molecule has 1 aliphatic heterocycles. The Kier molecular flexibility index (Phi) is 3.03. The summed E-state index contributed by atoms with van der Waals surface area (Å²) in [6.45, 7) is 5.94. The maximum absolute atomic E-state index is 13.7. The van der Waals surface area contributed by atoms with Gasteiger partial charge in [-0.25, -0.2) is 4.39 Å². The minimum Gasteiger partial charge on any atom is -0.371 e. The van der Waals surface area contributed by atoms with Gasteiger partial charge in [-0.15, -0.1) is 0 Å². The third-order valence-corrected chi connectivity index (χ3v) is 2.90. The second-order valence-corrected chi connectivity index (χ2v) is 3.97. The van der Waals surface area contributed by atoms with Crippen LogP contribution in [0, 0.1) is 19.7 Å². The fraction of sp³-hybridized carbons (Fsp3) is 0.500. The number of ether oxygens (including phenoxy) is 1. The van der Waals surface area contributed by atoms with Crippen LogP contribution in [0.5, 0.6) is 0 Å². The maximum Gasteiger partial charge on any atom is 0.129 e. The first-order chi connectivity index (χ1) is 7.20. The molecule has 1 saturated heterocycles. The Morgan fingerprint density at radius 3 is 2.87 bits per heavy atom. The van der Waals surface area contributed by atoms with Crippen molar-refractivity contribution in [2.24, 2.45) is 0 Å². The molecule has 1 aliphatic rings. The molecule has 0 saturated carbocycles. The fourth-order valence-electron chi connectivity index (χ4n) is 1.95. The molecule has 3 heteroatoms. The van der Waals surface area contributed by atoms with Gasteiger partial charge in [-0.1, -0.05) is 12.1 Å². The maximum atomic E-state index is 13.7. The van der Waals surface area contributed by atoms with E-state index in [0.717, 1.165) is 18.7 Å². The van der Waals surface area contributed by atoms with Crippen molar-refractivity contribution >= 4 is 0 Å². The highest BCUT2D eigenvalue weighted by molar-refractivity contribution is 5.34. The Morgan fingerprint density at radius 1 is 1.40 bits per heavy atom. The van der Waals surface area contributed by atoms with Gasteiger partial charge in [0.15, 0.2) is 0 Å². The molecule has 2 rings (SSSR count). The summed E-state index contributed by atoms with van der Waals surface area (Å²) in [4.78, 5) is 0. The lowest BCUT2D eigenvalue weighted by atomic mass is 9.99. The monoisotopic (exact) mass is 209 g/mol. The first-order valence-corrected chi connectivity index (χ1v) is 5.28. The van der Waals surface area contributed by atoms with Crippen molar-refractivity contribution in [3.05, 3.63) is 34.6 Å². The SMILES string of the molecule is Cc1ccc(C2CNCCO2)c(C)c1F. The number of halogens is 1. The molecule has 2 nitrogen and oxygen atoms in total. The fourth-order valence-corrected chi connectivity index (χ4v) is 1.95. The van der Waals surface area contributed by atoms with Crippen molar-refractivity contribution in [2.45, 2.75) is 20.0 Å². The van der Waals surface area contributed by atoms with Gasteiger partial charge in [0.05, 0.1) is 12.7 Å². The average molecular weight is 209 g/mol. The van der Waals surface area contributed by atoms with Crippen LogP contribution in [0.2, 0.25) is 0 Å². The van der Waals surface area contributed by atoms with E-state index in [-0.39, 0.29) is 11.9 Å². The van der Waals surface area contributed by atoms with E-state index < -0.39 is 0 Å². The zero-order chi connectivity index (χ0) is 10.8. The van der Waals surface area contributed by atoms with Gasteiger partial charge in [0, 0.05) is 13.1 Å². The molecule has 1 N–H and O–H groups in total. The molecule has 0 aliphatic carbocycles. The van der Waals surface area contributed by atoms with Crippen molar-refractivity contribution in [2.75, 3.05) is 19.7 Å². The average Bonchev–Trinajstić information content (AvgIpc) is 2.27. The lowest BCUT2D eigenvalue weighted by molar-refractivity contribution is 0.0271. The van der Waals surface area contributed by atoms with Gasteiger partial charge in [0.1, 0.15) is 5.82 Å². The second-order valence-electron chi connectivity index (χ2n) is 3.97. The highest BCUT2D eigenvalue weighted by atomic mass is 19.1. The van der Waals surface area contributed by atoms with Gasteiger partial charge in [0.25, 0.3) is 0 Å². The van der Waals surface area contributed by atoms with Gasteiger partial charge in [-0.3, -0.25) is 0 Å². The molecule has 82 valence electrons. The molecule has 1 fully saturated rings. The highest BCUT2D eigenvalue weighted by Gasteiger charge is 2.19. The lowest BCUT2D eigenvalue weighted by Gasteiger charge is -2.25. The summed E-state index contributed by atoms with van der Waals surface area (Å²) in [5, 5.41) is 3.25. The predicted octanol–water partition coefficient (Wildman–Crippen LogP) is 2.10. The Balaban J connectivity index is 2.31. The van der Waals surface area contributed by atoms with Crippen molar-refractivity contribution in [1.29, 1.82) is 0 Å². The minimum atomic E-state index is -0.110. The van der Waals surface area contributed by atoms with Crippen LogP contribution in [0.3, 0.4) is 0 Å². The number of benzene rings is 1. The lowest BCUT2D eigenvalue weighted by Crippen LogP contribution is -2.33. The summed E-state index contributed by atoms with van der Waals surface area (Å²) >= 11 is 0. The van der Waals surface area contributed by atoms with E-state index in [1.807, 2.05) is 19.1 Å². The summed E-state index contributed by atoms with van der Waals surface area (Å²) < 4.78 is 19.3. The normalized spacial score (nSPS) is 21.7. The Bertz CT molecular complexity index is 359. The van der Waals surface area contributed by atoms with Crippen LogP contribution in [-0.2, 0) is 4.74 Å². The van der Waals surface area contributed by atoms with Crippen LogP contribution < -0.4 is 5.32 Å². The zero-order valence-electron chi connectivity index (χ0n) is 9.14. The van der Waals surface area contributed by atoms with Crippen LogP contribution in [0.1, 0.15) is 22.8 Å². The Labute approximate surface area is 89.4 Å². The second kappa shape index (κ2) is 4.29. The molecule has 0 radical (unpaired) electrons. The topological polar surface area (TPSA) is 21.3 Å². The largest absolute Gasteiger partial charge is 0.371 e. The molecule has 0 amide bonds. The summed E-state index contributed by atoms with van der Waals surface area (Å²) in [7, 11) is 0. The van der Waals surface area contributed by atoms with Gasteiger partial charge in [0.2, 0.25) is 0 Å². The van der Waals surface area contributed by atoms with Crippen molar-refractivity contribution in [3.63, 3.8) is 0 Å².